The maximum atomic E-state index is 13.5. The van der Waals surface area contributed by atoms with Crippen LogP contribution in [0.3, 0.4) is 0 Å². The summed E-state index contributed by atoms with van der Waals surface area (Å²) < 4.78 is 18.5. The van der Waals surface area contributed by atoms with Crippen LogP contribution in [0.15, 0.2) is 53.7 Å². The summed E-state index contributed by atoms with van der Waals surface area (Å²) in [6.07, 6.45) is 0. The van der Waals surface area contributed by atoms with E-state index in [1.165, 1.54) is 0 Å². The number of nitrogens with zero attached hydrogens (tertiary/aromatic N) is 4. The van der Waals surface area contributed by atoms with E-state index >= 15 is 0 Å². The van der Waals surface area contributed by atoms with E-state index in [-0.39, 0.29) is 5.91 Å². The smallest absolute Gasteiger partial charge is 0.255 e. The van der Waals surface area contributed by atoms with Gasteiger partial charge in [0.2, 0.25) is 5.95 Å². The fourth-order valence-corrected chi connectivity index (χ4v) is 3.79. The van der Waals surface area contributed by atoms with Gasteiger partial charge in [-0.25, -0.2) is 0 Å². The maximum absolute atomic E-state index is 13.5. The Morgan fingerprint density at radius 1 is 1.09 bits per heavy atom. The molecule has 1 amide bonds. The van der Waals surface area contributed by atoms with Crippen molar-refractivity contribution in [3.05, 3.63) is 59.3 Å². The van der Waals surface area contributed by atoms with Crippen LogP contribution >= 0.6 is 0 Å². The molecule has 2 heterocycles. The van der Waals surface area contributed by atoms with E-state index < -0.39 is 6.04 Å². The van der Waals surface area contributed by atoms with Crippen molar-refractivity contribution in [3.63, 3.8) is 0 Å². The van der Waals surface area contributed by atoms with Gasteiger partial charge in [-0.1, -0.05) is 23.3 Å². The van der Waals surface area contributed by atoms with Crippen LogP contribution in [0, 0.1) is 0 Å². The summed E-state index contributed by atoms with van der Waals surface area (Å²) in [6, 6.07) is 12.2. The topological polar surface area (TPSA) is 112 Å². The van der Waals surface area contributed by atoms with Crippen molar-refractivity contribution < 1.29 is 19.0 Å². The number of methoxy groups -OCH3 is 1. The number of tetrazole rings is 1. The maximum Gasteiger partial charge on any atom is 0.255 e. The minimum Gasteiger partial charge on any atom is -0.495 e. The van der Waals surface area contributed by atoms with Crippen molar-refractivity contribution in [2.75, 3.05) is 31.0 Å². The highest BCUT2D eigenvalue weighted by Crippen LogP contribution is 2.39. The number of ether oxygens (including phenoxy) is 3. The Morgan fingerprint density at radius 3 is 2.61 bits per heavy atom. The fraction of sp³-hybridized carbons (Fsp3) is 0.304. The first-order valence-electron chi connectivity index (χ1n) is 10.7. The summed E-state index contributed by atoms with van der Waals surface area (Å²) in [6.45, 7) is 6.62. The number of hydrogen-bond donors (Lipinski definition) is 2. The van der Waals surface area contributed by atoms with Crippen molar-refractivity contribution in [2.24, 2.45) is 0 Å². The standard InChI is InChI=1S/C23H26N6O4/c1-5-32-18-12-11-15(13-19(18)33-6-2)21-20(14(3)24-23-26-27-28-29(21)23)22(30)25-16-9-7-8-10-17(16)31-4/h7-13,21H,5-6H2,1-4H3,(H,25,30)(H,24,26,28)/t21-/m1/s1. The van der Waals surface area contributed by atoms with Gasteiger partial charge in [-0.15, -0.1) is 0 Å². The van der Waals surface area contributed by atoms with Gasteiger partial charge in [-0.3, -0.25) is 4.79 Å². The lowest BCUT2D eigenvalue weighted by Gasteiger charge is -2.28. The number of hydrogen-bond acceptors (Lipinski definition) is 8. The predicted molar refractivity (Wildman–Crippen MR) is 123 cm³/mol. The Morgan fingerprint density at radius 2 is 1.85 bits per heavy atom. The average molecular weight is 450 g/mol. The van der Waals surface area contributed by atoms with Gasteiger partial charge < -0.3 is 24.8 Å². The first-order valence-corrected chi connectivity index (χ1v) is 10.7. The second kappa shape index (κ2) is 9.60. The summed E-state index contributed by atoms with van der Waals surface area (Å²) in [5, 5.41) is 18.0. The fourth-order valence-electron chi connectivity index (χ4n) is 3.79. The second-order valence-electron chi connectivity index (χ2n) is 7.24. The summed E-state index contributed by atoms with van der Waals surface area (Å²) >= 11 is 0. The molecule has 1 aliphatic rings. The summed E-state index contributed by atoms with van der Waals surface area (Å²) in [5.74, 6) is 1.93. The van der Waals surface area contributed by atoms with Gasteiger partial charge in [0.25, 0.3) is 5.91 Å². The molecule has 0 aliphatic carbocycles. The Kier molecular flexibility index (Phi) is 6.43. The summed E-state index contributed by atoms with van der Waals surface area (Å²) in [5.41, 5.74) is 2.45. The molecule has 0 radical (unpaired) electrons. The lowest BCUT2D eigenvalue weighted by atomic mass is 9.94. The molecule has 172 valence electrons. The number of benzene rings is 2. The SMILES string of the molecule is CCOc1ccc([C@@H]2C(C(=O)Nc3ccccc3OC)=C(C)Nc3nnnn32)cc1OCC. The van der Waals surface area contributed by atoms with E-state index in [4.69, 9.17) is 14.2 Å². The normalized spacial score (nSPS) is 14.8. The van der Waals surface area contributed by atoms with Crippen molar-refractivity contribution in [3.8, 4) is 17.2 Å². The van der Waals surface area contributed by atoms with E-state index in [0.717, 1.165) is 5.56 Å². The molecule has 0 unspecified atom stereocenters. The number of aromatic nitrogens is 4. The minimum atomic E-state index is -0.583. The Bertz CT molecular complexity index is 1190. The molecule has 1 aromatic heterocycles. The van der Waals surface area contributed by atoms with Crippen molar-refractivity contribution in [1.29, 1.82) is 0 Å². The number of para-hydroxylation sites is 2. The molecule has 10 heteroatoms. The third kappa shape index (κ3) is 4.32. The third-order valence-corrected chi connectivity index (χ3v) is 5.20. The van der Waals surface area contributed by atoms with Crippen LogP contribution in [-0.4, -0.2) is 46.4 Å². The van der Waals surface area contributed by atoms with E-state index in [0.29, 0.717) is 53.4 Å². The van der Waals surface area contributed by atoms with Crippen LogP contribution < -0.4 is 24.8 Å². The van der Waals surface area contributed by atoms with E-state index in [1.807, 2.05) is 51.1 Å². The second-order valence-corrected chi connectivity index (χ2v) is 7.24. The van der Waals surface area contributed by atoms with E-state index in [9.17, 15) is 4.79 Å². The first-order chi connectivity index (χ1) is 16.1. The van der Waals surface area contributed by atoms with Crippen LogP contribution in [0.25, 0.3) is 0 Å². The van der Waals surface area contributed by atoms with Gasteiger partial charge in [0, 0.05) is 5.70 Å². The molecule has 10 nitrogen and oxygen atoms in total. The highest BCUT2D eigenvalue weighted by Gasteiger charge is 2.34. The largest absolute Gasteiger partial charge is 0.495 e. The Balaban J connectivity index is 1.78. The molecular formula is C23H26N6O4. The number of allylic oxidation sites excluding steroid dienone is 1. The molecule has 33 heavy (non-hydrogen) atoms. The molecule has 2 N–H and O–H groups in total. The summed E-state index contributed by atoms with van der Waals surface area (Å²) in [4.78, 5) is 13.5. The molecule has 0 saturated carbocycles. The van der Waals surface area contributed by atoms with Gasteiger partial charge in [0.1, 0.15) is 11.8 Å². The Labute approximate surface area is 191 Å². The highest BCUT2D eigenvalue weighted by molar-refractivity contribution is 6.06. The molecule has 3 aromatic rings. The lowest BCUT2D eigenvalue weighted by Crippen LogP contribution is -2.31. The molecule has 0 bridgehead atoms. The number of amides is 1. The number of nitrogens with one attached hydrogen (secondary N) is 2. The van der Waals surface area contributed by atoms with Crippen molar-refractivity contribution in [2.45, 2.75) is 26.8 Å². The van der Waals surface area contributed by atoms with E-state index in [2.05, 4.69) is 26.2 Å². The quantitative estimate of drug-likeness (QED) is 0.537. The van der Waals surface area contributed by atoms with Gasteiger partial charge >= 0.3 is 0 Å². The number of carbonyl (C=O) groups excluding carboxylic acids is 1. The van der Waals surface area contributed by atoms with Crippen LogP contribution in [0.5, 0.6) is 17.2 Å². The molecule has 0 fully saturated rings. The average Bonchev–Trinajstić information content (AvgIpc) is 3.28. The van der Waals surface area contributed by atoms with E-state index in [1.54, 1.807) is 23.9 Å². The zero-order valence-electron chi connectivity index (χ0n) is 19.0. The molecule has 0 spiro atoms. The number of carbonyl (C=O) groups is 1. The highest BCUT2D eigenvalue weighted by atomic mass is 16.5. The van der Waals surface area contributed by atoms with Gasteiger partial charge in [0.15, 0.2) is 11.5 Å². The van der Waals surface area contributed by atoms with Crippen LogP contribution in [0.1, 0.15) is 32.4 Å². The molecule has 1 aliphatic heterocycles. The monoisotopic (exact) mass is 450 g/mol. The zero-order valence-corrected chi connectivity index (χ0v) is 19.0. The molecule has 1 atom stereocenters. The molecule has 2 aromatic carbocycles. The van der Waals surface area contributed by atoms with Crippen LogP contribution in [0.2, 0.25) is 0 Å². The summed E-state index contributed by atoms with van der Waals surface area (Å²) in [7, 11) is 1.56. The van der Waals surface area contributed by atoms with Crippen molar-refractivity contribution in [1.82, 2.24) is 20.2 Å². The van der Waals surface area contributed by atoms with Crippen LogP contribution in [-0.2, 0) is 4.79 Å². The van der Waals surface area contributed by atoms with Crippen molar-refractivity contribution >= 4 is 17.5 Å². The molecule has 4 rings (SSSR count). The molecule has 0 saturated heterocycles. The Hall–Kier alpha value is -4.08. The number of rotatable bonds is 8. The van der Waals surface area contributed by atoms with Gasteiger partial charge in [0.05, 0.1) is 31.6 Å². The molecular weight excluding hydrogens is 424 g/mol. The number of fused-ring (bicyclic) bond motifs is 1. The lowest BCUT2D eigenvalue weighted by molar-refractivity contribution is -0.113. The first kappa shape index (κ1) is 22.1. The zero-order chi connectivity index (χ0) is 23.4. The third-order valence-electron chi connectivity index (χ3n) is 5.20. The van der Waals surface area contributed by atoms with Gasteiger partial charge in [-0.05, 0) is 61.0 Å². The number of anilines is 2. The van der Waals surface area contributed by atoms with Gasteiger partial charge in [-0.2, -0.15) is 4.68 Å². The van der Waals surface area contributed by atoms with Crippen LogP contribution in [0.4, 0.5) is 11.6 Å². The predicted octanol–water partition coefficient (Wildman–Crippen LogP) is 3.41. The minimum absolute atomic E-state index is 0.303.